The molecular weight excluding hydrogens is 224 g/mol. The van der Waals surface area contributed by atoms with Crippen LogP contribution in [0.5, 0.6) is 0 Å². The molecule has 0 aliphatic heterocycles. The Morgan fingerprint density at radius 2 is 1.06 bits per heavy atom. The first-order chi connectivity index (χ1) is 8.58. The number of fused-ring (bicyclic) bond motifs is 1. The summed E-state index contributed by atoms with van der Waals surface area (Å²) in [6.07, 6.45) is 0. The van der Waals surface area contributed by atoms with Gasteiger partial charge in [-0.05, 0) is 36.8 Å². The van der Waals surface area contributed by atoms with Crippen LogP contribution in [0.2, 0.25) is 0 Å². The standard InChI is InChI=1S/C14H12O2.C2H6/c1-9(15)11-3-5-14-8-12(10(2)16)4-6-13(14)7-11;1-2/h3-8H,1-2H3;1-2H3. The zero-order chi connectivity index (χ0) is 13.7. The van der Waals surface area contributed by atoms with E-state index < -0.39 is 0 Å². The summed E-state index contributed by atoms with van der Waals surface area (Å²) in [6.45, 7) is 7.09. The zero-order valence-corrected chi connectivity index (χ0v) is 11.3. The van der Waals surface area contributed by atoms with Gasteiger partial charge < -0.3 is 0 Å². The highest BCUT2D eigenvalue weighted by Crippen LogP contribution is 2.18. The molecular formula is C16H18O2. The monoisotopic (exact) mass is 242 g/mol. The molecule has 0 aromatic heterocycles. The highest BCUT2D eigenvalue weighted by Gasteiger charge is 2.03. The lowest BCUT2D eigenvalue weighted by Gasteiger charge is -2.02. The van der Waals surface area contributed by atoms with Crippen molar-refractivity contribution in [2.75, 3.05) is 0 Å². The summed E-state index contributed by atoms with van der Waals surface area (Å²) < 4.78 is 0. The van der Waals surface area contributed by atoms with Gasteiger partial charge in [0.15, 0.2) is 11.6 Å². The van der Waals surface area contributed by atoms with E-state index in [0.29, 0.717) is 11.1 Å². The van der Waals surface area contributed by atoms with E-state index in [9.17, 15) is 9.59 Å². The van der Waals surface area contributed by atoms with Gasteiger partial charge in [-0.25, -0.2) is 0 Å². The molecule has 94 valence electrons. The van der Waals surface area contributed by atoms with Gasteiger partial charge in [-0.1, -0.05) is 38.1 Å². The summed E-state index contributed by atoms with van der Waals surface area (Å²) >= 11 is 0. The fraction of sp³-hybridized carbons (Fsp3) is 0.250. The molecule has 2 heteroatoms. The zero-order valence-electron chi connectivity index (χ0n) is 11.3. The Bertz CT molecular complexity index is 529. The van der Waals surface area contributed by atoms with Gasteiger partial charge in [-0.15, -0.1) is 0 Å². The maximum absolute atomic E-state index is 11.2. The highest BCUT2D eigenvalue weighted by molar-refractivity contribution is 6.01. The van der Waals surface area contributed by atoms with E-state index in [1.807, 2.05) is 38.1 Å². The Hall–Kier alpha value is -1.96. The molecule has 0 heterocycles. The van der Waals surface area contributed by atoms with Gasteiger partial charge in [0.05, 0.1) is 0 Å². The molecule has 0 fully saturated rings. The number of carbonyl (C=O) groups is 2. The van der Waals surface area contributed by atoms with Crippen LogP contribution < -0.4 is 0 Å². The van der Waals surface area contributed by atoms with Crippen LogP contribution >= 0.6 is 0 Å². The number of hydrogen-bond acceptors (Lipinski definition) is 2. The maximum atomic E-state index is 11.2. The van der Waals surface area contributed by atoms with Crippen molar-refractivity contribution < 1.29 is 9.59 Å². The van der Waals surface area contributed by atoms with Crippen molar-refractivity contribution in [3.63, 3.8) is 0 Å². The van der Waals surface area contributed by atoms with Crippen LogP contribution in [0.4, 0.5) is 0 Å². The van der Waals surface area contributed by atoms with E-state index in [2.05, 4.69) is 0 Å². The Morgan fingerprint density at radius 1 is 0.722 bits per heavy atom. The average molecular weight is 242 g/mol. The van der Waals surface area contributed by atoms with Crippen molar-refractivity contribution >= 4 is 22.3 Å². The molecule has 0 saturated heterocycles. The summed E-state index contributed by atoms with van der Waals surface area (Å²) in [5, 5.41) is 1.97. The van der Waals surface area contributed by atoms with Crippen molar-refractivity contribution in [2.24, 2.45) is 0 Å². The molecule has 0 unspecified atom stereocenters. The van der Waals surface area contributed by atoms with Crippen molar-refractivity contribution in [1.29, 1.82) is 0 Å². The summed E-state index contributed by atoms with van der Waals surface area (Å²) in [5.74, 6) is 0.107. The van der Waals surface area contributed by atoms with Gasteiger partial charge in [0.1, 0.15) is 0 Å². The summed E-state index contributed by atoms with van der Waals surface area (Å²) in [5.41, 5.74) is 1.39. The first-order valence-electron chi connectivity index (χ1n) is 6.13. The predicted octanol–water partition coefficient (Wildman–Crippen LogP) is 4.27. The molecule has 18 heavy (non-hydrogen) atoms. The van der Waals surface area contributed by atoms with E-state index >= 15 is 0 Å². The Kier molecular flexibility index (Phi) is 4.78. The van der Waals surface area contributed by atoms with E-state index in [0.717, 1.165) is 10.8 Å². The van der Waals surface area contributed by atoms with Crippen LogP contribution in [0, 0.1) is 0 Å². The molecule has 2 nitrogen and oxygen atoms in total. The molecule has 0 bridgehead atoms. The molecule has 0 aliphatic carbocycles. The smallest absolute Gasteiger partial charge is 0.159 e. The molecule has 0 atom stereocenters. The summed E-state index contributed by atoms with van der Waals surface area (Å²) in [6, 6.07) is 11.0. The number of benzene rings is 2. The second kappa shape index (κ2) is 6.10. The van der Waals surface area contributed by atoms with Crippen LogP contribution in [-0.2, 0) is 0 Å². The van der Waals surface area contributed by atoms with E-state index in [4.69, 9.17) is 0 Å². The van der Waals surface area contributed by atoms with E-state index in [-0.39, 0.29) is 11.6 Å². The van der Waals surface area contributed by atoms with Gasteiger partial charge in [0.2, 0.25) is 0 Å². The quantitative estimate of drug-likeness (QED) is 0.737. The highest BCUT2D eigenvalue weighted by atomic mass is 16.1. The Balaban J connectivity index is 0.000000771. The normalized spacial score (nSPS) is 9.56. The lowest BCUT2D eigenvalue weighted by atomic mass is 10.0. The first kappa shape index (κ1) is 14.1. The number of ketones is 2. The van der Waals surface area contributed by atoms with E-state index in [1.165, 1.54) is 0 Å². The summed E-state index contributed by atoms with van der Waals surface area (Å²) in [4.78, 5) is 22.4. The molecule has 2 aromatic carbocycles. The molecule has 0 N–H and O–H groups in total. The largest absolute Gasteiger partial charge is 0.295 e. The molecule has 0 radical (unpaired) electrons. The third-order valence-electron chi connectivity index (χ3n) is 2.65. The van der Waals surface area contributed by atoms with Crippen LogP contribution in [0.3, 0.4) is 0 Å². The number of carbonyl (C=O) groups excluding carboxylic acids is 2. The van der Waals surface area contributed by atoms with Crippen molar-refractivity contribution in [2.45, 2.75) is 27.7 Å². The molecule has 0 saturated carbocycles. The van der Waals surface area contributed by atoms with Crippen LogP contribution in [0.25, 0.3) is 10.8 Å². The van der Waals surface area contributed by atoms with Crippen LogP contribution in [-0.4, -0.2) is 11.6 Å². The summed E-state index contributed by atoms with van der Waals surface area (Å²) in [7, 11) is 0. The van der Waals surface area contributed by atoms with Gasteiger partial charge in [-0.2, -0.15) is 0 Å². The van der Waals surface area contributed by atoms with Crippen molar-refractivity contribution in [3.05, 3.63) is 47.5 Å². The SMILES string of the molecule is CC.CC(=O)c1ccc2cc(C(C)=O)ccc2c1. The third-order valence-corrected chi connectivity index (χ3v) is 2.65. The molecule has 2 aromatic rings. The Labute approximate surface area is 108 Å². The fourth-order valence-corrected chi connectivity index (χ4v) is 1.68. The minimum atomic E-state index is 0.0533. The average Bonchev–Trinajstić information content (AvgIpc) is 2.39. The van der Waals surface area contributed by atoms with Gasteiger partial charge in [0.25, 0.3) is 0 Å². The van der Waals surface area contributed by atoms with E-state index in [1.54, 1.807) is 26.0 Å². The predicted molar refractivity (Wildman–Crippen MR) is 75.3 cm³/mol. The van der Waals surface area contributed by atoms with Gasteiger partial charge >= 0.3 is 0 Å². The fourth-order valence-electron chi connectivity index (χ4n) is 1.68. The van der Waals surface area contributed by atoms with Crippen LogP contribution in [0.15, 0.2) is 36.4 Å². The number of Topliss-reactive ketones (excluding diaryl/α,β-unsaturated/α-hetero) is 2. The Morgan fingerprint density at radius 3 is 1.33 bits per heavy atom. The number of rotatable bonds is 2. The topological polar surface area (TPSA) is 34.1 Å². The second-order valence-corrected chi connectivity index (χ2v) is 3.89. The molecule has 0 spiro atoms. The lowest BCUT2D eigenvalue weighted by molar-refractivity contribution is 0.100. The van der Waals surface area contributed by atoms with Crippen molar-refractivity contribution in [1.82, 2.24) is 0 Å². The minimum absolute atomic E-state index is 0.0533. The van der Waals surface area contributed by atoms with Crippen LogP contribution in [0.1, 0.15) is 48.4 Å². The minimum Gasteiger partial charge on any atom is -0.295 e. The molecule has 0 amide bonds. The molecule has 0 aliphatic rings. The molecule has 2 rings (SSSR count). The third kappa shape index (κ3) is 3.04. The van der Waals surface area contributed by atoms with Crippen molar-refractivity contribution in [3.8, 4) is 0 Å². The lowest BCUT2D eigenvalue weighted by Crippen LogP contribution is -1.93. The maximum Gasteiger partial charge on any atom is 0.159 e. The number of hydrogen-bond donors (Lipinski definition) is 0. The first-order valence-corrected chi connectivity index (χ1v) is 6.13. The second-order valence-electron chi connectivity index (χ2n) is 3.89. The van der Waals surface area contributed by atoms with Gasteiger partial charge in [-0.3, -0.25) is 9.59 Å². The van der Waals surface area contributed by atoms with Gasteiger partial charge in [0, 0.05) is 11.1 Å².